The minimum atomic E-state index is 0.466. The highest BCUT2D eigenvalue weighted by molar-refractivity contribution is 5.79. The van der Waals surface area contributed by atoms with Crippen LogP contribution in [-0.4, -0.2) is 5.78 Å². The molecule has 0 saturated heterocycles. The van der Waals surface area contributed by atoms with E-state index in [-0.39, 0.29) is 0 Å². The minimum absolute atomic E-state index is 0.466. The van der Waals surface area contributed by atoms with Crippen LogP contribution < -0.4 is 0 Å². The van der Waals surface area contributed by atoms with Crippen LogP contribution in [0.4, 0.5) is 0 Å². The van der Waals surface area contributed by atoms with Gasteiger partial charge in [-0.15, -0.1) is 0 Å². The van der Waals surface area contributed by atoms with Crippen LogP contribution in [0.5, 0.6) is 0 Å². The van der Waals surface area contributed by atoms with Crippen LogP contribution >= 0.6 is 0 Å². The number of Topliss-reactive ketones (excluding diaryl/α,β-unsaturated/α-hetero) is 1. The predicted molar refractivity (Wildman–Crippen MR) is 127 cm³/mol. The summed E-state index contributed by atoms with van der Waals surface area (Å²) < 4.78 is 0. The Morgan fingerprint density at radius 1 is 0.900 bits per heavy atom. The molecule has 0 aromatic heterocycles. The van der Waals surface area contributed by atoms with E-state index in [1.165, 1.54) is 64.2 Å². The van der Waals surface area contributed by atoms with Crippen molar-refractivity contribution >= 4 is 5.78 Å². The predicted octanol–water partition coefficient (Wildman–Crippen LogP) is 8.31. The summed E-state index contributed by atoms with van der Waals surface area (Å²) >= 11 is 0. The van der Waals surface area contributed by atoms with E-state index in [0.717, 1.165) is 54.3 Å². The Hall–Kier alpha value is -0.330. The van der Waals surface area contributed by atoms with Gasteiger partial charge in [0.25, 0.3) is 0 Å². The lowest BCUT2D eigenvalue weighted by atomic mass is 9.44. The highest BCUT2D eigenvalue weighted by Gasteiger charge is 2.60. The first kappa shape index (κ1) is 22.8. The van der Waals surface area contributed by atoms with Crippen LogP contribution in [0, 0.1) is 58.2 Å². The molecule has 1 heteroatoms. The lowest BCUT2D eigenvalue weighted by molar-refractivity contribution is -0.140. The van der Waals surface area contributed by atoms with Crippen molar-refractivity contribution in [1.29, 1.82) is 0 Å². The SMILES string of the molecule is CCC(CC[C@@H](C)[C@H]1CC[C@H]2[C@@H]3CC[C@H]4CC(=O)CC[C@]4(C)[C@H]3CC[C@]12C)C(C)C. The quantitative estimate of drug-likeness (QED) is 0.427. The molecule has 0 radical (unpaired) electrons. The molecule has 0 aromatic rings. The summed E-state index contributed by atoms with van der Waals surface area (Å²) in [5, 5.41) is 0. The smallest absolute Gasteiger partial charge is 0.133 e. The van der Waals surface area contributed by atoms with Crippen LogP contribution in [0.2, 0.25) is 0 Å². The van der Waals surface area contributed by atoms with E-state index in [2.05, 4.69) is 41.5 Å². The molecule has 0 heterocycles. The van der Waals surface area contributed by atoms with Crippen molar-refractivity contribution in [3.05, 3.63) is 0 Å². The highest BCUT2D eigenvalue weighted by Crippen LogP contribution is 2.68. The molecule has 0 bridgehead atoms. The van der Waals surface area contributed by atoms with Gasteiger partial charge in [-0.3, -0.25) is 4.79 Å². The topological polar surface area (TPSA) is 17.1 Å². The zero-order valence-electron chi connectivity index (χ0n) is 21.0. The van der Waals surface area contributed by atoms with E-state index >= 15 is 0 Å². The fourth-order valence-electron chi connectivity index (χ4n) is 9.71. The number of carbonyl (C=O) groups excluding carboxylic acids is 1. The second-order valence-corrected chi connectivity index (χ2v) is 13.1. The fraction of sp³-hybridized carbons (Fsp3) is 0.966. The van der Waals surface area contributed by atoms with E-state index in [1.54, 1.807) is 0 Å². The normalized spacial score (nSPS) is 45.6. The summed E-state index contributed by atoms with van der Waals surface area (Å²) in [5.74, 6) is 7.67. The van der Waals surface area contributed by atoms with Crippen molar-refractivity contribution < 1.29 is 4.79 Å². The number of ketones is 1. The molecule has 0 N–H and O–H groups in total. The maximum Gasteiger partial charge on any atom is 0.133 e. The maximum atomic E-state index is 12.1. The van der Waals surface area contributed by atoms with Gasteiger partial charge in [-0.2, -0.15) is 0 Å². The molecule has 4 aliphatic carbocycles. The molecule has 0 spiro atoms. The first-order valence-electron chi connectivity index (χ1n) is 13.7. The van der Waals surface area contributed by atoms with E-state index in [1.807, 2.05) is 0 Å². The summed E-state index contributed by atoms with van der Waals surface area (Å²) in [5.41, 5.74) is 1.06. The monoisotopic (exact) mass is 414 g/mol. The third-order valence-corrected chi connectivity index (χ3v) is 11.7. The molecule has 4 saturated carbocycles. The van der Waals surface area contributed by atoms with Gasteiger partial charge < -0.3 is 0 Å². The summed E-state index contributed by atoms with van der Waals surface area (Å²) in [4.78, 5) is 12.1. The van der Waals surface area contributed by atoms with E-state index in [4.69, 9.17) is 0 Å². The number of carbonyl (C=O) groups is 1. The molecular formula is C29H50O. The van der Waals surface area contributed by atoms with Crippen LogP contribution in [0.3, 0.4) is 0 Å². The summed E-state index contributed by atoms with van der Waals surface area (Å²) in [7, 11) is 0. The minimum Gasteiger partial charge on any atom is -0.300 e. The maximum absolute atomic E-state index is 12.1. The zero-order valence-corrected chi connectivity index (χ0v) is 21.0. The largest absolute Gasteiger partial charge is 0.300 e. The second-order valence-electron chi connectivity index (χ2n) is 13.1. The van der Waals surface area contributed by atoms with Crippen molar-refractivity contribution in [2.24, 2.45) is 58.2 Å². The standard InChI is InChI=1S/C29H50O/c1-7-21(19(2)3)9-8-20(4)25-12-13-26-24-11-10-22-18-23(30)14-16-28(22,5)27(24)15-17-29(25,26)6/h19-22,24-27H,7-18H2,1-6H3/t20-,21?,22+,24+,25-,26+,27+,28+,29-/m1/s1. The zero-order chi connectivity index (χ0) is 21.7. The van der Waals surface area contributed by atoms with Crippen molar-refractivity contribution in [1.82, 2.24) is 0 Å². The molecule has 0 amide bonds. The Kier molecular flexibility index (Phi) is 6.51. The molecule has 4 rings (SSSR count). The highest BCUT2D eigenvalue weighted by atomic mass is 16.1. The Morgan fingerprint density at radius 3 is 2.33 bits per heavy atom. The molecule has 1 nitrogen and oxygen atoms in total. The van der Waals surface area contributed by atoms with Crippen LogP contribution in [0.15, 0.2) is 0 Å². The van der Waals surface area contributed by atoms with E-state index in [0.29, 0.717) is 22.5 Å². The van der Waals surface area contributed by atoms with Crippen LogP contribution in [0.1, 0.15) is 119 Å². The van der Waals surface area contributed by atoms with Gasteiger partial charge in [0, 0.05) is 12.8 Å². The Morgan fingerprint density at radius 2 is 1.63 bits per heavy atom. The van der Waals surface area contributed by atoms with Crippen molar-refractivity contribution in [2.45, 2.75) is 119 Å². The fourth-order valence-corrected chi connectivity index (χ4v) is 9.71. The van der Waals surface area contributed by atoms with E-state index in [9.17, 15) is 4.79 Å². The number of hydrogen-bond acceptors (Lipinski definition) is 1. The molecule has 172 valence electrons. The van der Waals surface area contributed by atoms with E-state index < -0.39 is 0 Å². The lowest BCUT2D eigenvalue weighted by Crippen LogP contribution is -2.53. The molecular weight excluding hydrogens is 364 g/mol. The average Bonchev–Trinajstić information content (AvgIpc) is 3.06. The summed E-state index contributed by atoms with van der Waals surface area (Å²) in [6, 6.07) is 0. The molecule has 30 heavy (non-hydrogen) atoms. The molecule has 9 atom stereocenters. The second kappa shape index (κ2) is 8.55. The number of hydrogen-bond donors (Lipinski definition) is 0. The Bertz CT molecular complexity index is 622. The first-order valence-corrected chi connectivity index (χ1v) is 13.7. The summed E-state index contributed by atoms with van der Waals surface area (Å²) in [6.45, 7) is 15.1. The molecule has 4 aliphatic rings. The molecule has 0 aliphatic heterocycles. The van der Waals surface area contributed by atoms with Crippen LogP contribution in [0.25, 0.3) is 0 Å². The Balaban J connectivity index is 1.45. The van der Waals surface area contributed by atoms with Gasteiger partial charge in [-0.1, -0.05) is 54.4 Å². The van der Waals surface area contributed by atoms with Crippen molar-refractivity contribution in [3.63, 3.8) is 0 Å². The third kappa shape index (κ3) is 3.73. The summed E-state index contributed by atoms with van der Waals surface area (Å²) in [6.07, 6.45) is 15.8. The molecule has 0 aromatic carbocycles. The Labute approximate surface area is 187 Å². The van der Waals surface area contributed by atoms with Crippen molar-refractivity contribution in [2.75, 3.05) is 0 Å². The third-order valence-electron chi connectivity index (χ3n) is 11.7. The first-order chi connectivity index (χ1) is 14.2. The number of rotatable bonds is 6. The molecule has 4 fully saturated rings. The van der Waals surface area contributed by atoms with Gasteiger partial charge in [0.05, 0.1) is 0 Å². The average molecular weight is 415 g/mol. The van der Waals surface area contributed by atoms with Gasteiger partial charge >= 0.3 is 0 Å². The van der Waals surface area contributed by atoms with Gasteiger partial charge in [0.2, 0.25) is 0 Å². The lowest BCUT2D eigenvalue weighted by Gasteiger charge is -2.60. The van der Waals surface area contributed by atoms with Gasteiger partial charge in [-0.25, -0.2) is 0 Å². The van der Waals surface area contributed by atoms with Gasteiger partial charge in [0.15, 0.2) is 0 Å². The van der Waals surface area contributed by atoms with Gasteiger partial charge in [-0.05, 0) is 110 Å². The van der Waals surface area contributed by atoms with Crippen molar-refractivity contribution in [3.8, 4) is 0 Å². The molecule has 1 unspecified atom stereocenters. The number of fused-ring (bicyclic) bond motifs is 5. The van der Waals surface area contributed by atoms with Gasteiger partial charge in [0.1, 0.15) is 5.78 Å². The van der Waals surface area contributed by atoms with Crippen LogP contribution in [-0.2, 0) is 4.79 Å².